The first kappa shape index (κ1) is 12.6. The molecule has 0 N–H and O–H groups in total. The molecule has 92 valence electrons. The molecule has 2 aromatic carbocycles. The molecule has 0 radical (unpaired) electrons. The Balaban J connectivity index is 2.00. The Kier molecular flexibility index (Phi) is 4.71. The average Bonchev–Trinajstić information content (AvgIpc) is 2.45. The topological polar surface area (TPSA) is 12.4 Å². The third kappa shape index (κ3) is 3.85. The fraction of sp³-hybridized carbons (Fsp3) is 0.235. The van der Waals surface area contributed by atoms with Crippen LogP contribution < -0.4 is 0 Å². The lowest BCUT2D eigenvalue weighted by Crippen LogP contribution is -2.07. The van der Waals surface area contributed by atoms with Gasteiger partial charge in [0.1, 0.15) is 0 Å². The van der Waals surface area contributed by atoms with Gasteiger partial charge in [0.2, 0.25) is 0 Å². The van der Waals surface area contributed by atoms with Gasteiger partial charge >= 0.3 is 0 Å². The summed E-state index contributed by atoms with van der Waals surface area (Å²) in [5.74, 6) is 0. The smallest absolute Gasteiger partial charge is 0.0537 e. The predicted octanol–water partition coefficient (Wildman–Crippen LogP) is 4.13. The summed E-state index contributed by atoms with van der Waals surface area (Å²) >= 11 is 0. The molecule has 2 rings (SSSR count). The summed E-state index contributed by atoms with van der Waals surface area (Å²) in [7, 11) is 0. The Morgan fingerprint density at radius 2 is 1.56 bits per heavy atom. The van der Waals surface area contributed by atoms with Gasteiger partial charge < -0.3 is 0 Å². The van der Waals surface area contributed by atoms with Crippen molar-refractivity contribution in [1.82, 2.24) is 0 Å². The lowest BCUT2D eigenvalue weighted by atomic mass is 10.0. The predicted molar refractivity (Wildman–Crippen MR) is 78.3 cm³/mol. The van der Waals surface area contributed by atoms with Gasteiger partial charge in [0.05, 0.1) is 6.04 Å². The number of hydrogen-bond donors (Lipinski definition) is 0. The van der Waals surface area contributed by atoms with Gasteiger partial charge in [-0.3, -0.25) is 4.99 Å². The van der Waals surface area contributed by atoms with Crippen molar-refractivity contribution in [2.45, 2.75) is 25.8 Å². The minimum atomic E-state index is 0.368. The second-order valence-electron chi connectivity index (χ2n) is 4.44. The molecule has 1 nitrogen and oxygen atoms in total. The van der Waals surface area contributed by atoms with Crippen LogP contribution in [0.25, 0.3) is 0 Å². The van der Waals surface area contributed by atoms with E-state index in [1.165, 1.54) is 11.1 Å². The van der Waals surface area contributed by atoms with Crippen LogP contribution >= 0.6 is 0 Å². The van der Waals surface area contributed by atoms with Crippen molar-refractivity contribution < 1.29 is 0 Å². The van der Waals surface area contributed by atoms with E-state index in [4.69, 9.17) is 0 Å². The number of benzene rings is 2. The van der Waals surface area contributed by atoms with Crippen molar-refractivity contribution in [2.75, 3.05) is 0 Å². The molecular weight excluding hydrogens is 218 g/mol. The molecule has 18 heavy (non-hydrogen) atoms. The molecule has 0 spiro atoms. The third-order valence-electron chi connectivity index (χ3n) is 3.02. The van der Waals surface area contributed by atoms with Crippen LogP contribution in [0, 0.1) is 0 Å². The maximum absolute atomic E-state index is 4.68. The van der Waals surface area contributed by atoms with E-state index >= 15 is 0 Å². The lowest BCUT2D eigenvalue weighted by Gasteiger charge is -2.09. The van der Waals surface area contributed by atoms with E-state index in [2.05, 4.69) is 54.4 Å². The third-order valence-corrected chi connectivity index (χ3v) is 3.02. The average molecular weight is 237 g/mol. The van der Waals surface area contributed by atoms with Gasteiger partial charge in [0, 0.05) is 6.21 Å². The molecule has 0 fully saturated rings. The van der Waals surface area contributed by atoms with E-state index < -0.39 is 0 Å². The zero-order valence-electron chi connectivity index (χ0n) is 10.8. The minimum Gasteiger partial charge on any atom is -0.289 e. The van der Waals surface area contributed by atoms with Crippen LogP contribution in [0.3, 0.4) is 0 Å². The summed E-state index contributed by atoms with van der Waals surface area (Å²) in [6.45, 7) is 2.19. The van der Waals surface area contributed by atoms with E-state index in [0.717, 1.165) is 12.8 Å². The van der Waals surface area contributed by atoms with Gasteiger partial charge in [0.25, 0.3) is 0 Å². The molecule has 0 unspecified atom stereocenters. The first-order chi connectivity index (χ1) is 8.88. The lowest BCUT2D eigenvalue weighted by molar-refractivity contribution is 0.652. The van der Waals surface area contributed by atoms with Gasteiger partial charge in [-0.1, -0.05) is 67.6 Å². The highest BCUT2D eigenvalue weighted by molar-refractivity contribution is 5.79. The molecule has 1 heteroatoms. The van der Waals surface area contributed by atoms with E-state index in [0.29, 0.717) is 6.04 Å². The summed E-state index contributed by atoms with van der Waals surface area (Å²) in [4.78, 5) is 4.68. The number of hydrogen-bond acceptors (Lipinski definition) is 1. The van der Waals surface area contributed by atoms with Gasteiger partial charge in [-0.25, -0.2) is 0 Å². The summed E-state index contributed by atoms with van der Waals surface area (Å²) in [5, 5.41) is 0. The molecule has 0 aromatic heterocycles. The SMILES string of the molecule is CC[C@H](Cc1ccccc1)N=Cc1ccccc1. The zero-order valence-corrected chi connectivity index (χ0v) is 10.8. The molecule has 2 aromatic rings. The summed E-state index contributed by atoms with van der Waals surface area (Å²) in [6, 6.07) is 21.2. The van der Waals surface area contributed by atoms with Crippen molar-refractivity contribution in [3.05, 3.63) is 71.8 Å². The van der Waals surface area contributed by atoms with E-state index in [1.54, 1.807) is 0 Å². The standard InChI is InChI=1S/C17H19N/c1-2-17(13-15-9-5-3-6-10-15)18-14-16-11-7-4-8-12-16/h3-12,14,17H,2,13H2,1H3/t17-/m1/s1. The fourth-order valence-electron chi connectivity index (χ4n) is 1.92. The molecule has 1 atom stereocenters. The summed E-state index contributed by atoms with van der Waals surface area (Å²) in [5.41, 5.74) is 2.53. The molecule has 0 aliphatic rings. The monoisotopic (exact) mass is 237 g/mol. The van der Waals surface area contributed by atoms with Crippen molar-refractivity contribution in [1.29, 1.82) is 0 Å². The summed E-state index contributed by atoms with van der Waals surface area (Å²) < 4.78 is 0. The Bertz CT molecular complexity index is 473. The first-order valence-electron chi connectivity index (χ1n) is 6.50. The molecular formula is C17H19N. The van der Waals surface area contributed by atoms with Crippen LogP contribution in [0.15, 0.2) is 65.7 Å². The maximum atomic E-state index is 4.68. The highest BCUT2D eigenvalue weighted by Crippen LogP contribution is 2.09. The van der Waals surface area contributed by atoms with E-state index in [1.807, 2.05) is 24.4 Å². The zero-order chi connectivity index (χ0) is 12.6. The number of rotatable bonds is 5. The fourth-order valence-corrected chi connectivity index (χ4v) is 1.92. The molecule has 0 saturated carbocycles. The summed E-state index contributed by atoms with van der Waals surface area (Å²) in [6.07, 6.45) is 4.07. The second-order valence-corrected chi connectivity index (χ2v) is 4.44. The van der Waals surface area contributed by atoms with Crippen LogP contribution in [0.2, 0.25) is 0 Å². The van der Waals surface area contributed by atoms with E-state index in [9.17, 15) is 0 Å². The number of aliphatic imine (C=N–C) groups is 1. The highest BCUT2D eigenvalue weighted by atomic mass is 14.8. The molecule has 0 aliphatic carbocycles. The van der Waals surface area contributed by atoms with Gasteiger partial charge in [-0.05, 0) is 24.0 Å². The van der Waals surface area contributed by atoms with Crippen molar-refractivity contribution in [2.24, 2.45) is 4.99 Å². The van der Waals surface area contributed by atoms with Crippen LogP contribution in [0.1, 0.15) is 24.5 Å². The largest absolute Gasteiger partial charge is 0.289 e. The van der Waals surface area contributed by atoms with Crippen molar-refractivity contribution in [3.63, 3.8) is 0 Å². The molecule has 0 saturated heterocycles. The van der Waals surface area contributed by atoms with Crippen LogP contribution in [0.4, 0.5) is 0 Å². The van der Waals surface area contributed by atoms with Crippen molar-refractivity contribution >= 4 is 6.21 Å². The highest BCUT2D eigenvalue weighted by Gasteiger charge is 2.03. The van der Waals surface area contributed by atoms with Gasteiger partial charge in [-0.15, -0.1) is 0 Å². The Morgan fingerprint density at radius 1 is 0.944 bits per heavy atom. The Hall–Kier alpha value is -1.89. The molecule has 0 heterocycles. The van der Waals surface area contributed by atoms with Gasteiger partial charge in [0.15, 0.2) is 0 Å². The normalized spacial score (nSPS) is 12.7. The molecule has 0 bridgehead atoms. The van der Waals surface area contributed by atoms with Crippen LogP contribution in [-0.4, -0.2) is 12.3 Å². The van der Waals surface area contributed by atoms with Crippen LogP contribution in [0.5, 0.6) is 0 Å². The molecule has 0 amide bonds. The second kappa shape index (κ2) is 6.75. The number of nitrogens with zero attached hydrogens (tertiary/aromatic N) is 1. The molecule has 0 aliphatic heterocycles. The first-order valence-corrected chi connectivity index (χ1v) is 6.50. The maximum Gasteiger partial charge on any atom is 0.0537 e. The minimum absolute atomic E-state index is 0.368. The van der Waals surface area contributed by atoms with E-state index in [-0.39, 0.29) is 0 Å². The van der Waals surface area contributed by atoms with Gasteiger partial charge in [-0.2, -0.15) is 0 Å². The quantitative estimate of drug-likeness (QED) is 0.693. The Labute approximate surface area is 109 Å². The van der Waals surface area contributed by atoms with Crippen molar-refractivity contribution in [3.8, 4) is 0 Å². The van der Waals surface area contributed by atoms with Crippen LogP contribution in [-0.2, 0) is 6.42 Å². The Morgan fingerprint density at radius 3 is 2.17 bits per heavy atom.